The third-order valence-electron chi connectivity index (χ3n) is 7.21. The zero-order valence-corrected chi connectivity index (χ0v) is 28.0. The molecule has 2 atom stereocenters. The minimum Gasteiger partial charge on any atom is -0.550 e. The average molecular weight is 624 g/mol. The van der Waals surface area contributed by atoms with Crippen molar-refractivity contribution in [2.45, 2.75) is 38.0 Å². The molecule has 0 bridgehead atoms. The van der Waals surface area contributed by atoms with E-state index in [1.807, 2.05) is 80.7 Å². The van der Waals surface area contributed by atoms with Crippen molar-refractivity contribution < 1.29 is 44.2 Å². The zero-order valence-electron chi connectivity index (χ0n) is 24.4. The van der Waals surface area contributed by atoms with Crippen LogP contribution in [0, 0.1) is 5.92 Å². The molecule has 0 spiro atoms. The Balaban J connectivity index is 0.00000423. The van der Waals surface area contributed by atoms with Gasteiger partial charge in [0, 0.05) is 45.9 Å². The molecule has 5 rings (SSSR count). The molecule has 0 amide bonds. The van der Waals surface area contributed by atoms with Crippen LogP contribution in [-0.4, -0.2) is 36.9 Å². The molecule has 2 heterocycles. The molecule has 0 aliphatic carbocycles. The minimum atomic E-state index is -1.01. The first-order valence-corrected chi connectivity index (χ1v) is 15.2. The third-order valence-corrected chi connectivity index (χ3v) is 8.95. The number of nitrogens with zero attached hydrogens (tertiary/aromatic N) is 5. The van der Waals surface area contributed by atoms with Crippen molar-refractivity contribution in [1.82, 2.24) is 25.2 Å². The van der Waals surface area contributed by atoms with Crippen LogP contribution in [0.1, 0.15) is 41.8 Å². The van der Waals surface area contributed by atoms with Gasteiger partial charge >= 0.3 is 29.6 Å². The molecule has 0 saturated carbocycles. The Morgan fingerprint density at radius 3 is 2.65 bits per heavy atom. The van der Waals surface area contributed by atoms with Gasteiger partial charge in [0.2, 0.25) is 0 Å². The van der Waals surface area contributed by atoms with E-state index in [-0.39, 0.29) is 34.8 Å². The topological polar surface area (TPSA) is 106 Å². The molecule has 2 aromatic heterocycles. The van der Waals surface area contributed by atoms with Gasteiger partial charge in [-0.1, -0.05) is 67.1 Å². The molecule has 3 aromatic carbocycles. The van der Waals surface area contributed by atoms with E-state index in [1.165, 1.54) is 0 Å². The zero-order chi connectivity index (χ0) is 29.5. The molecule has 8 nitrogen and oxygen atoms in total. The third kappa shape index (κ3) is 8.58. The first-order valence-electron chi connectivity index (χ1n) is 13.8. The van der Waals surface area contributed by atoms with Crippen molar-refractivity contribution in [2.24, 2.45) is 13.0 Å². The van der Waals surface area contributed by atoms with Crippen molar-refractivity contribution in [1.29, 1.82) is 0 Å². The number of benzene rings is 3. The van der Waals surface area contributed by atoms with Gasteiger partial charge in [0.15, 0.2) is 5.82 Å². The number of aryl methyl sites for hydroxylation is 2. The number of aliphatic carboxylic acids is 1. The summed E-state index contributed by atoms with van der Waals surface area (Å²) in [5.74, 6) is 0.375. The smallest absolute Gasteiger partial charge is 0.550 e. The first kappa shape index (κ1) is 33.0. The summed E-state index contributed by atoms with van der Waals surface area (Å²) in [6.07, 6.45) is 2.07. The Hall–Kier alpha value is -2.95. The number of halogens is 1. The van der Waals surface area contributed by atoms with Gasteiger partial charge in [0.25, 0.3) is 0 Å². The number of tetrazole rings is 1. The largest absolute Gasteiger partial charge is 1.00 e. The van der Waals surface area contributed by atoms with Crippen molar-refractivity contribution in [2.75, 3.05) is 5.75 Å². The van der Waals surface area contributed by atoms with E-state index in [0.717, 1.165) is 51.9 Å². The SMILES string of the molecule is CCC(CSC(CCc1ccccc1-c1nnnn1C)c1cccc(OCc2ccc3ccc(Cl)cc3n2)c1)C(=O)[O-].[Na+]. The first-order chi connectivity index (χ1) is 20.4. The van der Waals surface area contributed by atoms with E-state index >= 15 is 0 Å². The Bertz CT molecular complexity index is 1680. The van der Waals surface area contributed by atoms with E-state index in [0.29, 0.717) is 29.6 Å². The number of hydrogen-bond donors (Lipinski definition) is 0. The summed E-state index contributed by atoms with van der Waals surface area (Å²) < 4.78 is 7.82. The van der Waals surface area contributed by atoms with Gasteiger partial charge in [-0.2, -0.15) is 11.8 Å². The Kier molecular flexibility index (Phi) is 12.0. The number of rotatable bonds is 13. The number of pyridine rings is 1. The van der Waals surface area contributed by atoms with Crippen LogP contribution in [0.2, 0.25) is 5.02 Å². The second-order valence-electron chi connectivity index (χ2n) is 10.1. The molecule has 0 aliphatic rings. The molecule has 0 fully saturated rings. The second-order valence-corrected chi connectivity index (χ2v) is 11.7. The van der Waals surface area contributed by atoms with E-state index in [9.17, 15) is 9.90 Å². The number of thioether (sulfide) groups is 1. The number of carboxylic acids is 1. The maximum absolute atomic E-state index is 11.7. The van der Waals surface area contributed by atoms with E-state index in [4.69, 9.17) is 21.3 Å². The fraction of sp³-hybridized carbons (Fsp3) is 0.281. The molecule has 0 aliphatic heterocycles. The standard InChI is InChI=1S/C32H32ClN5O3S.Na/c1-3-21(32(39)40)20-42-30(16-13-22-7-4-5-10-28(22)31-35-36-37-38(31)2)24-8-6-9-27(17-24)41-19-26-15-12-23-11-14-25(33)18-29(23)34-26;/h4-12,14-15,17-18,21,30H,3,13,16,19-20H2,1-2H3,(H,39,40);/q;+1/p-1. The Labute approximate surface area is 282 Å². The maximum atomic E-state index is 11.7. The van der Waals surface area contributed by atoms with Crippen LogP contribution in [0.5, 0.6) is 5.75 Å². The molecular formula is C32H31ClN5NaO3S. The minimum absolute atomic E-state index is 0. The molecule has 5 aromatic rings. The summed E-state index contributed by atoms with van der Waals surface area (Å²) in [7, 11) is 1.82. The maximum Gasteiger partial charge on any atom is 1.00 e. The summed E-state index contributed by atoms with van der Waals surface area (Å²) in [4.78, 5) is 16.4. The molecule has 216 valence electrons. The number of carbonyl (C=O) groups is 1. The van der Waals surface area contributed by atoms with Gasteiger partial charge in [0.1, 0.15) is 12.4 Å². The fourth-order valence-electron chi connectivity index (χ4n) is 4.81. The predicted octanol–water partition coefficient (Wildman–Crippen LogP) is 2.84. The molecule has 11 heteroatoms. The van der Waals surface area contributed by atoms with Crippen molar-refractivity contribution in [3.63, 3.8) is 0 Å². The van der Waals surface area contributed by atoms with Crippen LogP contribution in [0.15, 0.2) is 78.9 Å². The quantitative estimate of drug-likeness (QED) is 0.184. The molecular weight excluding hydrogens is 593 g/mol. The van der Waals surface area contributed by atoms with Gasteiger partial charge in [-0.3, -0.25) is 0 Å². The van der Waals surface area contributed by atoms with Crippen LogP contribution >= 0.6 is 23.4 Å². The number of fused-ring (bicyclic) bond motifs is 1. The summed E-state index contributed by atoms with van der Waals surface area (Å²) in [5, 5.41) is 25.3. The number of carbonyl (C=O) groups excluding carboxylic acids is 1. The van der Waals surface area contributed by atoms with Crippen molar-refractivity contribution in [3.8, 4) is 17.1 Å². The van der Waals surface area contributed by atoms with Gasteiger partial charge in [-0.25, -0.2) is 9.67 Å². The second kappa shape index (κ2) is 15.7. The Morgan fingerprint density at radius 1 is 1.07 bits per heavy atom. The number of ether oxygens (including phenoxy) is 1. The summed E-state index contributed by atoms with van der Waals surface area (Å²) in [6, 6.07) is 25.7. The van der Waals surface area contributed by atoms with Crippen molar-refractivity contribution in [3.05, 3.63) is 101 Å². The average Bonchev–Trinajstić information content (AvgIpc) is 3.43. The van der Waals surface area contributed by atoms with Crippen LogP contribution in [-0.2, 0) is 24.9 Å². The predicted molar refractivity (Wildman–Crippen MR) is 164 cm³/mol. The van der Waals surface area contributed by atoms with Gasteiger partial charge < -0.3 is 14.6 Å². The van der Waals surface area contributed by atoms with Crippen LogP contribution in [0.4, 0.5) is 0 Å². The molecule has 2 unspecified atom stereocenters. The fourth-order valence-corrected chi connectivity index (χ4v) is 6.43. The van der Waals surface area contributed by atoms with Gasteiger partial charge in [0.05, 0.1) is 11.2 Å². The summed E-state index contributed by atoms with van der Waals surface area (Å²) >= 11 is 7.79. The molecule has 43 heavy (non-hydrogen) atoms. The van der Waals surface area contributed by atoms with Crippen LogP contribution < -0.4 is 39.4 Å². The monoisotopic (exact) mass is 623 g/mol. The Morgan fingerprint density at radius 2 is 1.88 bits per heavy atom. The van der Waals surface area contributed by atoms with Crippen molar-refractivity contribution >= 4 is 40.2 Å². The van der Waals surface area contributed by atoms with Crippen LogP contribution in [0.3, 0.4) is 0 Å². The van der Waals surface area contributed by atoms with E-state index in [2.05, 4.69) is 27.7 Å². The van der Waals surface area contributed by atoms with E-state index in [1.54, 1.807) is 16.4 Å². The van der Waals surface area contributed by atoms with Gasteiger partial charge in [-0.15, -0.1) is 5.10 Å². The van der Waals surface area contributed by atoms with Gasteiger partial charge in [-0.05, 0) is 71.1 Å². The summed E-state index contributed by atoms with van der Waals surface area (Å²) in [5.41, 5.74) is 4.81. The van der Waals surface area contributed by atoms with Crippen LogP contribution in [0.25, 0.3) is 22.3 Å². The number of carboxylic acid groups (broad SMARTS) is 1. The molecule has 0 N–H and O–H groups in total. The normalized spacial score (nSPS) is 12.4. The molecule has 0 radical (unpaired) electrons. The number of hydrogen-bond acceptors (Lipinski definition) is 8. The number of aromatic nitrogens is 5. The molecule has 0 saturated heterocycles. The summed E-state index contributed by atoms with van der Waals surface area (Å²) in [6.45, 7) is 2.19. The van der Waals surface area contributed by atoms with E-state index < -0.39 is 11.9 Å².